The van der Waals surface area contributed by atoms with E-state index in [1.165, 1.54) is 64.2 Å². The smallest absolute Gasteiger partial charge is 0.133 e. The van der Waals surface area contributed by atoms with Gasteiger partial charge in [-0.3, -0.25) is 4.79 Å². The average Bonchev–Trinajstić information content (AvgIpc) is 3.05. The molecule has 0 radical (unpaired) electrons. The summed E-state index contributed by atoms with van der Waals surface area (Å²) in [6.45, 7) is 7.31. The lowest BCUT2D eigenvalue weighted by atomic mass is 9.53. The van der Waals surface area contributed by atoms with Gasteiger partial charge in [-0.1, -0.05) is 40.0 Å². The van der Waals surface area contributed by atoms with Crippen molar-refractivity contribution in [3.8, 4) is 0 Å². The van der Waals surface area contributed by atoms with Crippen LogP contribution in [0.3, 0.4) is 0 Å². The summed E-state index contributed by atoms with van der Waals surface area (Å²) < 4.78 is 0. The Morgan fingerprint density at radius 1 is 0.769 bits per heavy atom. The normalized spacial score (nSPS) is 43.7. The molecular weight excluding hydrogens is 316 g/mol. The maximum Gasteiger partial charge on any atom is 0.133 e. The maximum atomic E-state index is 11.9. The Hall–Kier alpha value is -0.330. The van der Waals surface area contributed by atoms with Crippen molar-refractivity contribution >= 4 is 5.78 Å². The van der Waals surface area contributed by atoms with Crippen molar-refractivity contribution in [1.82, 2.24) is 0 Å². The van der Waals surface area contributed by atoms with Crippen molar-refractivity contribution in [3.05, 3.63) is 0 Å². The van der Waals surface area contributed by atoms with E-state index in [2.05, 4.69) is 20.8 Å². The first-order valence-electron chi connectivity index (χ1n) is 12.1. The first kappa shape index (κ1) is 19.0. The van der Waals surface area contributed by atoms with E-state index in [0.717, 1.165) is 66.1 Å². The number of carbonyl (C=O) groups is 1. The molecule has 0 heterocycles. The van der Waals surface area contributed by atoms with E-state index in [1.54, 1.807) is 0 Å². The van der Waals surface area contributed by atoms with E-state index in [4.69, 9.17) is 0 Å². The third-order valence-corrected chi connectivity index (χ3v) is 9.31. The number of rotatable bonds is 5. The summed E-state index contributed by atoms with van der Waals surface area (Å²) in [5, 5.41) is 0. The predicted molar refractivity (Wildman–Crippen MR) is 109 cm³/mol. The number of hydrogen-bond donors (Lipinski definition) is 0. The molecule has 0 aromatic heterocycles. The summed E-state index contributed by atoms with van der Waals surface area (Å²) in [5.74, 6) is 9.19. The van der Waals surface area contributed by atoms with Gasteiger partial charge < -0.3 is 0 Å². The van der Waals surface area contributed by atoms with Gasteiger partial charge in [-0.05, 0) is 98.2 Å². The molecule has 0 bridgehead atoms. The van der Waals surface area contributed by atoms with Crippen LogP contribution in [0.1, 0.15) is 97.8 Å². The number of carbonyl (C=O) groups excluding carboxylic acids is 1. The molecule has 8 atom stereocenters. The molecule has 4 rings (SSSR count). The summed E-state index contributed by atoms with van der Waals surface area (Å²) in [6, 6.07) is 0. The third-order valence-electron chi connectivity index (χ3n) is 9.31. The molecule has 1 nitrogen and oxygen atoms in total. The first-order valence-corrected chi connectivity index (χ1v) is 12.1. The van der Waals surface area contributed by atoms with Crippen LogP contribution < -0.4 is 0 Å². The van der Waals surface area contributed by atoms with Crippen molar-refractivity contribution in [3.63, 3.8) is 0 Å². The Bertz CT molecular complexity index is 494. The van der Waals surface area contributed by atoms with Gasteiger partial charge >= 0.3 is 0 Å². The van der Waals surface area contributed by atoms with Crippen molar-refractivity contribution in [2.75, 3.05) is 0 Å². The zero-order valence-corrected chi connectivity index (χ0v) is 17.6. The van der Waals surface area contributed by atoms with Crippen LogP contribution in [0.2, 0.25) is 0 Å². The molecule has 0 aliphatic heterocycles. The van der Waals surface area contributed by atoms with Gasteiger partial charge in [0.25, 0.3) is 0 Å². The summed E-state index contributed by atoms with van der Waals surface area (Å²) in [6.07, 6.45) is 16.3. The zero-order valence-electron chi connectivity index (χ0n) is 17.6. The zero-order chi connectivity index (χ0) is 18.3. The molecule has 8 unspecified atom stereocenters. The number of fused-ring (bicyclic) bond motifs is 5. The lowest BCUT2D eigenvalue weighted by Gasteiger charge is -2.52. The molecule has 4 aliphatic carbocycles. The minimum Gasteiger partial charge on any atom is -0.300 e. The quantitative estimate of drug-likeness (QED) is 0.522. The van der Waals surface area contributed by atoms with Gasteiger partial charge in [0.2, 0.25) is 0 Å². The molecule has 1 heteroatoms. The predicted octanol–water partition coefficient (Wildman–Crippen LogP) is 6.90. The van der Waals surface area contributed by atoms with Gasteiger partial charge in [-0.2, -0.15) is 0 Å². The van der Waals surface area contributed by atoms with Gasteiger partial charge in [-0.15, -0.1) is 0 Å². The average molecular weight is 359 g/mol. The Balaban J connectivity index is 1.37. The van der Waals surface area contributed by atoms with Crippen molar-refractivity contribution in [2.45, 2.75) is 97.8 Å². The highest BCUT2D eigenvalue weighted by atomic mass is 16.1. The molecule has 0 saturated heterocycles. The fourth-order valence-corrected chi connectivity index (χ4v) is 8.13. The van der Waals surface area contributed by atoms with Gasteiger partial charge in [0.1, 0.15) is 5.78 Å². The van der Waals surface area contributed by atoms with Crippen LogP contribution >= 0.6 is 0 Å². The van der Waals surface area contributed by atoms with E-state index in [-0.39, 0.29) is 0 Å². The topological polar surface area (TPSA) is 17.1 Å². The highest BCUT2D eigenvalue weighted by Crippen LogP contribution is 2.60. The fraction of sp³-hybridized carbons (Fsp3) is 0.960. The molecule has 0 aromatic carbocycles. The highest BCUT2D eigenvalue weighted by molar-refractivity contribution is 5.79. The molecule has 0 spiro atoms. The molecule has 4 aliphatic rings. The van der Waals surface area contributed by atoms with Crippen LogP contribution in [-0.2, 0) is 4.79 Å². The molecule has 0 amide bonds. The maximum absolute atomic E-state index is 11.9. The van der Waals surface area contributed by atoms with E-state index in [0.29, 0.717) is 5.78 Å². The van der Waals surface area contributed by atoms with Gasteiger partial charge in [0, 0.05) is 12.8 Å². The molecule has 0 aromatic rings. The highest BCUT2D eigenvalue weighted by Gasteiger charge is 2.52. The number of ketones is 1. The minimum absolute atomic E-state index is 0.564. The van der Waals surface area contributed by atoms with Crippen LogP contribution in [0.5, 0.6) is 0 Å². The summed E-state index contributed by atoms with van der Waals surface area (Å²) in [4.78, 5) is 11.9. The SMILES string of the molecule is CC(C)CCCC(C)C1CCC2C1CCC1C3CCC(=O)CC3CCC12. The molecule has 4 fully saturated rings. The van der Waals surface area contributed by atoms with Gasteiger partial charge in [0.05, 0.1) is 0 Å². The van der Waals surface area contributed by atoms with E-state index < -0.39 is 0 Å². The second kappa shape index (κ2) is 7.96. The molecule has 4 saturated carbocycles. The number of hydrogen-bond acceptors (Lipinski definition) is 1. The molecule has 26 heavy (non-hydrogen) atoms. The van der Waals surface area contributed by atoms with E-state index >= 15 is 0 Å². The molecule has 0 N–H and O–H groups in total. The van der Waals surface area contributed by atoms with Gasteiger partial charge in [-0.25, -0.2) is 0 Å². The number of Topliss-reactive ketones (excluding diaryl/α,β-unsaturated/α-hetero) is 1. The van der Waals surface area contributed by atoms with Crippen LogP contribution in [-0.4, -0.2) is 5.78 Å². The summed E-state index contributed by atoms with van der Waals surface area (Å²) >= 11 is 0. The molecule has 148 valence electrons. The standard InChI is InChI=1S/C25H42O/c1-16(2)5-4-6-17(3)20-11-12-25-22(20)13-14-23-21-10-8-19(26)15-18(21)7-9-24(23)25/h16-18,20-25H,4-15H2,1-3H3. The van der Waals surface area contributed by atoms with Crippen LogP contribution in [0, 0.1) is 53.3 Å². The monoisotopic (exact) mass is 358 g/mol. The largest absolute Gasteiger partial charge is 0.300 e. The first-order chi connectivity index (χ1) is 12.5. The summed E-state index contributed by atoms with van der Waals surface area (Å²) in [5.41, 5.74) is 0. The summed E-state index contributed by atoms with van der Waals surface area (Å²) in [7, 11) is 0. The Labute approximate surface area is 162 Å². The Morgan fingerprint density at radius 2 is 1.42 bits per heavy atom. The fourth-order valence-electron chi connectivity index (χ4n) is 8.13. The van der Waals surface area contributed by atoms with E-state index in [1.807, 2.05) is 0 Å². The van der Waals surface area contributed by atoms with Gasteiger partial charge in [0.15, 0.2) is 0 Å². The van der Waals surface area contributed by atoms with Crippen LogP contribution in [0.15, 0.2) is 0 Å². The third kappa shape index (κ3) is 3.66. The Kier molecular flexibility index (Phi) is 5.82. The van der Waals surface area contributed by atoms with E-state index in [9.17, 15) is 4.79 Å². The lowest BCUT2D eigenvalue weighted by Crippen LogP contribution is -2.45. The second-order valence-electron chi connectivity index (χ2n) is 11.1. The molecular formula is C25H42O. The minimum atomic E-state index is 0.564. The van der Waals surface area contributed by atoms with Crippen LogP contribution in [0.25, 0.3) is 0 Å². The second-order valence-corrected chi connectivity index (χ2v) is 11.1. The Morgan fingerprint density at radius 3 is 2.23 bits per heavy atom. The van der Waals surface area contributed by atoms with Crippen LogP contribution in [0.4, 0.5) is 0 Å². The van der Waals surface area contributed by atoms with Crippen molar-refractivity contribution in [2.24, 2.45) is 53.3 Å². The van der Waals surface area contributed by atoms with Crippen molar-refractivity contribution in [1.29, 1.82) is 0 Å². The van der Waals surface area contributed by atoms with Crippen molar-refractivity contribution < 1.29 is 4.79 Å². The lowest BCUT2D eigenvalue weighted by molar-refractivity contribution is -0.126.